The van der Waals surface area contributed by atoms with Gasteiger partial charge in [-0.05, 0) is 30.9 Å². The molecule has 0 aromatic heterocycles. The van der Waals surface area contributed by atoms with Gasteiger partial charge in [0.2, 0.25) is 11.8 Å². The van der Waals surface area contributed by atoms with Crippen molar-refractivity contribution >= 4 is 23.2 Å². The third-order valence-corrected chi connectivity index (χ3v) is 6.97. The summed E-state index contributed by atoms with van der Waals surface area (Å²) in [6.07, 6.45) is 2.49. The van der Waals surface area contributed by atoms with Gasteiger partial charge in [0.05, 0.1) is 36.6 Å². The molecule has 3 heterocycles. The van der Waals surface area contributed by atoms with Gasteiger partial charge in [-0.3, -0.25) is 24.6 Å². The maximum absolute atomic E-state index is 13.1. The number of amides is 2. The van der Waals surface area contributed by atoms with Crippen molar-refractivity contribution < 1.29 is 19.2 Å². The zero-order valence-corrected chi connectivity index (χ0v) is 18.1. The molecule has 10 nitrogen and oxygen atoms in total. The van der Waals surface area contributed by atoms with E-state index in [4.69, 9.17) is 4.74 Å². The minimum absolute atomic E-state index is 0.0148. The number of hydrogen-bond donors (Lipinski definition) is 1. The van der Waals surface area contributed by atoms with Crippen LogP contribution in [0.3, 0.4) is 0 Å². The van der Waals surface area contributed by atoms with Crippen LogP contribution in [0.2, 0.25) is 0 Å². The van der Waals surface area contributed by atoms with Gasteiger partial charge in [-0.2, -0.15) is 0 Å². The van der Waals surface area contributed by atoms with Crippen LogP contribution in [-0.4, -0.2) is 91.1 Å². The number of benzene rings is 1. The number of piperazine rings is 1. The molecule has 172 valence electrons. The van der Waals surface area contributed by atoms with Crippen molar-refractivity contribution in [1.29, 1.82) is 0 Å². The minimum Gasteiger partial charge on any atom is -0.378 e. The first-order chi connectivity index (χ1) is 15.5. The monoisotopic (exact) mass is 443 g/mol. The van der Waals surface area contributed by atoms with E-state index in [0.717, 1.165) is 24.1 Å². The van der Waals surface area contributed by atoms with Crippen LogP contribution in [0, 0.1) is 16.0 Å². The Balaban J connectivity index is 1.35. The lowest BCUT2D eigenvalue weighted by molar-refractivity contribution is -0.384. The molecular weight excluding hydrogens is 414 g/mol. The summed E-state index contributed by atoms with van der Waals surface area (Å²) in [5.74, 6) is -0.181. The highest BCUT2D eigenvalue weighted by Gasteiger charge is 2.43. The van der Waals surface area contributed by atoms with Crippen molar-refractivity contribution in [3.8, 4) is 0 Å². The summed E-state index contributed by atoms with van der Waals surface area (Å²) in [5, 5.41) is 14.4. The van der Waals surface area contributed by atoms with Crippen LogP contribution in [0.1, 0.15) is 18.4 Å². The normalized spacial score (nSPS) is 25.6. The van der Waals surface area contributed by atoms with E-state index >= 15 is 0 Å². The summed E-state index contributed by atoms with van der Waals surface area (Å²) in [4.78, 5) is 43.0. The SMILES string of the molecule is O=C(NC1CC1)[C@@H]1Cc2cc([N+](=O)[O-])ccc2N2CCN(CC(=O)N3CCOCC3)C[C@H]12. The number of rotatable bonds is 5. The molecule has 0 unspecified atom stereocenters. The number of non-ortho nitro benzene ring substituents is 1. The Morgan fingerprint density at radius 3 is 2.66 bits per heavy atom. The number of nitrogens with one attached hydrogen (secondary N) is 1. The van der Waals surface area contributed by atoms with E-state index in [0.29, 0.717) is 58.9 Å². The van der Waals surface area contributed by atoms with Crippen LogP contribution in [0.4, 0.5) is 11.4 Å². The second-order valence-electron chi connectivity index (χ2n) is 9.15. The summed E-state index contributed by atoms with van der Waals surface area (Å²) < 4.78 is 5.34. The van der Waals surface area contributed by atoms with Gasteiger partial charge in [0.25, 0.3) is 5.69 Å². The van der Waals surface area contributed by atoms with Gasteiger partial charge < -0.3 is 19.9 Å². The second kappa shape index (κ2) is 8.67. The fraction of sp³-hybridized carbons (Fsp3) is 0.636. The minimum atomic E-state index is -0.388. The zero-order valence-electron chi connectivity index (χ0n) is 18.1. The molecule has 32 heavy (non-hydrogen) atoms. The largest absolute Gasteiger partial charge is 0.378 e. The van der Waals surface area contributed by atoms with E-state index < -0.39 is 0 Å². The Hall–Kier alpha value is -2.72. The molecule has 3 aliphatic heterocycles. The van der Waals surface area contributed by atoms with Gasteiger partial charge in [0, 0.05) is 56.6 Å². The summed E-state index contributed by atoms with van der Waals surface area (Å²) in [5.41, 5.74) is 1.87. The lowest BCUT2D eigenvalue weighted by Crippen LogP contribution is -2.62. The third kappa shape index (κ3) is 4.29. The Kier molecular flexibility index (Phi) is 5.73. The number of carbonyl (C=O) groups is 2. The molecule has 2 saturated heterocycles. The lowest BCUT2D eigenvalue weighted by atomic mass is 9.83. The zero-order chi connectivity index (χ0) is 22.2. The van der Waals surface area contributed by atoms with E-state index in [1.165, 1.54) is 6.07 Å². The molecule has 0 radical (unpaired) electrons. The van der Waals surface area contributed by atoms with Gasteiger partial charge in [0.1, 0.15) is 0 Å². The molecule has 0 spiro atoms. The summed E-state index contributed by atoms with van der Waals surface area (Å²) in [7, 11) is 0. The Morgan fingerprint density at radius 2 is 1.94 bits per heavy atom. The standard InChI is InChI=1S/C22H29N5O5/c28-21(25-7-9-32-10-8-25)14-24-5-6-26-19-4-3-17(27(30)31)11-15(19)12-18(20(26)13-24)22(29)23-16-1-2-16/h3-4,11,16,18,20H,1-2,5-10,12-14H2,(H,23,29)/t18-,20-/m1/s1. The van der Waals surface area contributed by atoms with Gasteiger partial charge in [-0.15, -0.1) is 0 Å². The third-order valence-electron chi connectivity index (χ3n) is 6.97. The van der Waals surface area contributed by atoms with Crippen LogP contribution < -0.4 is 10.2 Å². The second-order valence-corrected chi connectivity index (χ2v) is 9.15. The molecule has 1 aromatic carbocycles. The van der Waals surface area contributed by atoms with Gasteiger partial charge in [-0.25, -0.2) is 0 Å². The molecular formula is C22H29N5O5. The number of hydrogen-bond acceptors (Lipinski definition) is 7. The first-order valence-electron chi connectivity index (χ1n) is 11.4. The van der Waals surface area contributed by atoms with Gasteiger partial charge in [0.15, 0.2) is 0 Å². The highest BCUT2D eigenvalue weighted by molar-refractivity contribution is 5.83. The van der Waals surface area contributed by atoms with Crippen LogP contribution in [0.25, 0.3) is 0 Å². The molecule has 4 aliphatic rings. The Bertz CT molecular complexity index is 914. The van der Waals surface area contributed by atoms with E-state index in [1.807, 2.05) is 11.0 Å². The summed E-state index contributed by atoms with van der Waals surface area (Å²) in [6, 6.07) is 5.15. The van der Waals surface area contributed by atoms with Crippen molar-refractivity contribution in [3.63, 3.8) is 0 Å². The van der Waals surface area contributed by atoms with Crippen LogP contribution in [-0.2, 0) is 20.7 Å². The van der Waals surface area contributed by atoms with Crippen molar-refractivity contribution in [2.45, 2.75) is 31.3 Å². The predicted octanol–water partition coefficient (Wildman–Crippen LogP) is 0.395. The maximum atomic E-state index is 13.1. The van der Waals surface area contributed by atoms with E-state index in [1.54, 1.807) is 6.07 Å². The highest BCUT2D eigenvalue weighted by atomic mass is 16.6. The molecule has 2 atom stereocenters. The molecule has 0 bridgehead atoms. The molecule has 3 fully saturated rings. The number of nitro benzene ring substituents is 1. The molecule has 1 aliphatic carbocycles. The Morgan fingerprint density at radius 1 is 1.16 bits per heavy atom. The topological polar surface area (TPSA) is 108 Å². The molecule has 1 N–H and O–H groups in total. The van der Waals surface area contributed by atoms with Gasteiger partial charge in [-0.1, -0.05) is 0 Å². The predicted molar refractivity (Wildman–Crippen MR) is 116 cm³/mol. The highest BCUT2D eigenvalue weighted by Crippen LogP contribution is 2.38. The molecule has 2 amide bonds. The summed E-state index contributed by atoms with van der Waals surface area (Å²) in [6.45, 7) is 4.76. The molecule has 10 heteroatoms. The first kappa shape index (κ1) is 21.1. The number of morpholine rings is 1. The van der Waals surface area contributed by atoms with Crippen LogP contribution in [0.5, 0.6) is 0 Å². The van der Waals surface area contributed by atoms with E-state index in [2.05, 4.69) is 15.1 Å². The molecule has 1 saturated carbocycles. The number of ether oxygens (including phenoxy) is 1. The number of anilines is 1. The number of carbonyl (C=O) groups excluding carboxylic acids is 2. The van der Waals surface area contributed by atoms with Crippen molar-refractivity contribution in [2.24, 2.45) is 5.92 Å². The Labute approximate surface area is 186 Å². The average molecular weight is 444 g/mol. The maximum Gasteiger partial charge on any atom is 0.269 e. The van der Waals surface area contributed by atoms with Crippen LogP contribution >= 0.6 is 0 Å². The molecule has 1 aromatic rings. The molecule has 5 rings (SSSR count). The van der Waals surface area contributed by atoms with Crippen molar-refractivity contribution in [1.82, 2.24) is 15.1 Å². The smallest absolute Gasteiger partial charge is 0.269 e. The van der Waals surface area contributed by atoms with Crippen molar-refractivity contribution in [3.05, 3.63) is 33.9 Å². The first-order valence-corrected chi connectivity index (χ1v) is 11.4. The fourth-order valence-electron chi connectivity index (χ4n) is 5.07. The number of nitrogens with zero attached hydrogens (tertiary/aromatic N) is 4. The van der Waals surface area contributed by atoms with Crippen molar-refractivity contribution in [2.75, 3.05) is 57.4 Å². The van der Waals surface area contributed by atoms with Gasteiger partial charge >= 0.3 is 0 Å². The fourth-order valence-corrected chi connectivity index (χ4v) is 5.07. The van der Waals surface area contributed by atoms with Crippen LogP contribution in [0.15, 0.2) is 18.2 Å². The number of nitro groups is 1. The number of fused-ring (bicyclic) bond motifs is 3. The van der Waals surface area contributed by atoms with E-state index in [-0.39, 0.29) is 40.4 Å². The quantitative estimate of drug-likeness (QED) is 0.518. The van der Waals surface area contributed by atoms with E-state index in [9.17, 15) is 19.7 Å². The lowest BCUT2D eigenvalue weighted by Gasteiger charge is -2.49. The summed E-state index contributed by atoms with van der Waals surface area (Å²) >= 11 is 0. The average Bonchev–Trinajstić information content (AvgIpc) is 3.62.